The Morgan fingerprint density at radius 2 is 1.77 bits per heavy atom. The quantitative estimate of drug-likeness (QED) is 0.672. The van der Waals surface area contributed by atoms with E-state index in [0.29, 0.717) is 11.9 Å². The van der Waals surface area contributed by atoms with Gasteiger partial charge in [0.2, 0.25) is 5.28 Å². The number of ether oxygens (including phenoxy) is 1. The molecular formula is C22H31ClN6O2. The molecule has 2 aromatic heterocycles. The highest BCUT2D eigenvalue weighted by Gasteiger charge is 2.45. The van der Waals surface area contributed by atoms with E-state index in [4.69, 9.17) is 16.3 Å². The highest BCUT2D eigenvalue weighted by atomic mass is 35.5. The minimum absolute atomic E-state index is 0.190. The molecule has 2 unspecified atom stereocenters. The SMILES string of the molecule is CC(C)(C)OC(=O)N1C2CCC1CC(Nc1nc(Cl)nc3c1ncn3C1CCCC1)C2. The first-order valence-electron chi connectivity index (χ1n) is 11.5. The van der Waals surface area contributed by atoms with E-state index in [1.165, 1.54) is 12.8 Å². The molecule has 1 amide bonds. The summed E-state index contributed by atoms with van der Waals surface area (Å²) >= 11 is 6.30. The van der Waals surface area contributed by atoms with Crippen LogP contribution in [0.2, 0.25) is 5.28 Å². The third-order valence-electron chi connectivity index (χ3n) is 6.79. The number of amides is 1. The van der Waals surface area contributed by atoms with Crippen molar-refractivity contribution < 1.29 is 9.53 Å². The van der Waals surface area contributed by atoms with Crippen LogP contribution >= 0.6 is 11.6 Å². The van der Waals surface area contributed by atoms with Gasteiger partial charge in [-0.2, -0.15) is 9.97 Å². The summed E-state index contributed by atoms with van der Waals surface area (Å²) in [7, 11) is 0. The zero-order valence-electron chi connectivity index (χ0n) is 18.5. The first kappa shape index (κ1) is 20.8. The second-order valence-electron chi connectivity index (χ2n) is 10.2. The van der Waals surface area contributed by atoms with Gasteiger partial charge in [-0.1, -0.05) is 12.8 Å². The number of hydrogen-bond donors (Lipinski definition) is 1. The standard InChI is InChI=1S/C22H31ClN6O2/c1-22(2,3)31-21(30)29-15-8-9-16(29)11-13(10-15)25-18-17-19(27-20(23)26-18)28(12-24-17)14-6-4-5-7-14/h12-16H,4-11H2,1-3H3,(H,25,26,27). The Bertz CT molecular complexity index is 966. The molecule has 5 rings (SSSR count). The van der Waals surface area contributed by atoms with Crippen LogP contribution in [-0.2, 0) is 4.74 Å². The van der Waals surface area contributed by atoms with Gasteiger partial charge in [-0.15, -0.1) is 0 Å². The van der Waals surface area contributed by atoms with Crippen LogP contribution in [0.4, 0.5) is 10.6 Å². The summed E-state index contributed by atoms with van der Waals surface area (Å²) in [6, 6.07) is 1.03. The first-order chi connectivity index (χ1) is 14.8. The van der Waals surface area contributed by atoms with Gasteiger partial charge in [0, 0.05) is 24.2 Å². The van der Waals surface area contributed by atoms with E-state index in [2.05, 4.69) is 24.8 Å². The molecule has 168 valence electrons. The topological polar surface area (TPSA) is 85.2 Å². The van der Waals surface area contributed by atoms with Gasteiger partial charge in [0.1, 0.15) is 5.60 Å². The number of anilines is 1. The van der Waals surface area contributed by atoms with Gasteiger partial charge in [0.25, 0.3) is 0 Å². The van der Waals surface area contributed by atoms with Gasteiger partial charge in [-0.25, -0.2) is 9.78 Å². The van der Waals surface area contributed by atoms with E-state index in [1.807, 2.05) is 32.0 Å². The predicted molar refractivity (Wildman–Crippen MR) is 119 cm³/mol. The number of halogens is 1. The van der Waals surface area contributed by atoms with Gasteiger partial charge >= 0.3 is 6.09 Å². The predicted octanol–water partition coefficient (Wildman–Crippen LogP) is 4.94. The van der Waals surface area contributed by atoms with Crippen molar-refractivity contribution in [3.05, 3.63) is 11.6 Å². The van der Waals surface area contributed by atoms with Gasteiger partial charge in [-0.05, 0) is 70.9 Å². The summed E-state index contributed by atoms with van der Waals surface area (Å²) in [6.45, 7) is 5.74. The molecule has 9 heteroatoms. The molecule has 1 N–H and O–H groups in total. The minimum Gasteiger partial charge on any atom is -0.444 e. The lowest BCUT2D eigenvalue weighted by Gasteiger charge is -2.39. The van der Waals surface area contributed by atoms with Crippen molar-refractivity contribution in [3.8, 4) is 0 Å². The summed E-state index contributed by atoms with van der Waals surface area (Å²) < 4.78 is 7.81. The second kappa shape index (κ2) is 7.80. The van der Waals surface area contributed by atoms with E-state index in [-0.39, 0.29) is 29.5 Å². The maximum absolute atomic E-state index is 12.7. The van der Waals surface area contributed by atoms with Crippen LogP contribution in [0, 0.1) is 0 Å². The van der Waals surface area contributed by atoms with Gasteiger partial charge in [0.15, 0.2) is 17.0 Å². The first-order valence-corrected chi connectivity index (χ1v) is 11.8. The monoisotopic (exact) mass is 446 g/mol. The molecule has 2 bridgehead atoms. The number of carbonyl (C=O) groups excluding carboxylic acids is 1. The smallest absolute Gasteiger partial charge is 0.410 e. The number of nitrogens with one attached hydrogen (secondary N) is 1. The van der Waals surface area contributed by atoms with Crippen molar-refractivity contribution in [1.82, 2.24) is 24.4 Å². The Balaban J connectivity index is 1.34. The largest absolute Gasteiger partial charge is 0.444 e. The van der Waals surface area contributed by atoms with Crippen molar-refractivity contribution in [2.75, 3.05) is 5.32 Å². The second-order valence-corrected chi connectivity index (χ2v) is 10.5. The minimum atomic E-state index is -0.479. The Morgan fingerprint density at radius 3 is 2.42 bits per heavy atom. The number of carbonyl (C=O) groups is 1. The molecule has 0 spiro atoms. The van der Waals surface area contributed by atoms with Crippen LogP contribution in [0.5, 0.6) is 0 Å². The average Bonchev–Trinajstić information content (AvgIpc) is 3.38. The van der Waals surface area contributed by atoms with E-state index in [9.17, 15) is 4.79 Å². The summed E-state index contributed by atoms with van der Waals surface area (Å²) in [4.78, 5) is 28.3. The summed E-state index contributed by atoms with van der Waals surface area (Å²) in [5.74, 6) is 0.696. The van der Waals surface area contributed by atoms with Crippen LogP contribution in [0.1, 0.15) is 78.2 Å². The molecule has 1 saturated carbocycles. The summed E-state index contributed by atoms with van der Waals surface area (Å²) in [6.07, 6.45) is 10.2. The Labute approximate surface area is 187 Å². The third-order valence-corrected chi connectivity index (χ3v) is 6.96. The molecule has 0 aromatic carbocycles. The molecule has 2 saturated heterocycles. The number of aromatic nitrogens is 4. The Kier molecular flexibility index (Phi) is 5.23. The number of hydrogen-bond acceptors (Lipinski definition) is 6. The van der Waals surface area contributed by atoms with E-state index >= 15 is 0 Å². The van der Waals surface area contributed by atoms with E-state index in [0.717, 1.165) is 49.7 Å². The van der Waals surface area contributed by atoms with E-state index in [1.54, 1.807) is 0 Å². The average molecular weight is 447 g/mol. The molecule has 4 heterocycles. The molecule has 2 aromatic rings. The molecule has 0 radical (unpaired) electrons. The van der Waals surface area contributed by atoms with Crippen molar-refractivity contribution in [1.29, 1.82) is 0 Å². The third kappa shape index (κ3) is 4.06. The lowest BCUT2D eigenvalue weighted by molar-refractivity contribution is 0.00683. The van der Waals surface area contributed by atoms with Crippen LogP contribution in [-0.4, -0.2) is 54.2 Å². The molecule has 31 heavy (non-hydrogen) atoms. The summed E-state index contributed by atoms with van der Waals surface area (Å²) in [5.41, 5.74) is 1.11. The Hall–Kier alpha value is -2.09. The normalized spacial score (nSPS) is 26.6. The van der Waals surface area contributed by atoms with Crippen LogP contribution in [0.25, 0.3) is 11.2 Å². The number of nitrogens with zero attached hydrogens (tertiary/aromatic N) is 5. The van der Waals surface area contributed by atoms with Crippen molar-refractivity contribution in [2.45, 2.75) is 102 Å². The van der Waals surface area contributed by atoms with Crippen molar-refractivity contribution in [2.24, 2.45) is 0 Å². The van der Waals surface area contributed by atoms with Gasteiger partial charge in [0.05, 0.1) is 6.33 Å². The van der Waals surface area contributed by atoms with Crippen molar-refractivity contribution in [3.63, 3.8) is 0 Å². The number of rotatable bonds is 3. The number of imidazole rings is 1. The highest BCUT2D eigenvalue weighted by Crippen LogP contribution is 2.39. The van der Waals surface area contributed by atoms with Crippen molar-refractivity contribution >= 4 is 34.7 Å². The van der Waals surface area contributed by atoms with Crippen LogP contribution in [0.15, 0.2) is 6.33 Å². The molecule has 2 atom stereocenters. The molecular weight excluding hydrogens is 416 g/mol. The Morgan fingerprint density at radius 1 is 1.10 bits per heavy atom. The van der Waals surface area contributed by atoms with E-state index < -0.39 is 5.60 Å². The van der Waals surface area contributed by atoms with Gasteiger partial charge < -0.3 is 19.5 Å². The molecule has 3 aliphatic rings. The summed E-state index contributed by atoms with van der Waals surface area (Å²) in [5, 5.41) is 3.83. The lowest BCUT2D eigenvalue weighted by Crippen LogP contribution is -2.51. The molecule has 2 aliphatic heterocycles. The highest BCUT2D eigenvalue weighted by molar-refractivity contribution is 6.28. The molecule has 8 nitrogen and oxygen atoms in total. The van der Waals surface area contributed by atoms with Gasteiger partial charge in [-0.3, -0.25) is 0 Å². The van der Waals surface area contributed by atoms with Crippen LogP contribution in [0.3, 0.4) is 0 Å². The molecule has 1 aliphatic carbocycles. The lowest BCUT2D eigenvalue weighted by atomic mass is 9.97. The maximum Gasteiger partial charge on any atom is 0.410 e. The number of fused-ring (bicyclic) bond motifs is 3. The molecule has 3 fully saturated rings. The number of piperidine rings is 1. The fourth-order valence-corrected chi connectivity index (χ4v) is 5.71. The maximum atomic E-state index is 12.7. The zero-order chi connectivity index (χ0) is 21.8. The zero-order valence-corrected chi connectivity index (χ0v) is 19.2. The fraction of sp³-hybridized carbons (Fsp3) is 0.727. The van der Waals surface area contributed by atoms with Crippen LogP contribution < -0.4 is 5.32 Å². The fourth-order valence-electron chi connectivity index (χ4n) is 5.54.